The van der Waals surface area contributed by atoms with Crippen LogP contribution in [0.4, 0.5) is 4.39 Å². The van der Waals surface area contributed by atoms with Gasteiger partial charge in [-0.15, -0.1) is 0 Å². The van der Waals surface area contributed by atoms with Gasteiger partial charge in [-0.25, -0.2) is 9.37 Å². The Morgan fingerprint density at radius 1 is 1.04 bits per heavy atom. The second kappa shape index (κ2) is 6.44. The van der Waals surface area contributed by atoms with Crippen LogP contribution < -0.4 is 5.32 Å². The van der Waals surface area contributed by atoms with E-state index in [0.29, 0.717) is 18.0 Å². The number of imidazole rings is 1. The van der Waals surface area contributed by atoms with E-state index in [4.69, 9.17) is 0 Å². The van der Waals surface area contributed by atoms with Crippen molar-refractivity contribution in [2.75, 3.05) is 0 Å². The smallest absolute Gasteiger partial charge is 0.124 e. The summed E-state index contributed by atoms with van der Waals surface area (Å²) in [5.41, 5.74) is 1.96. The highest BCUT2D eigenvalue weighted by molar-refractivity contribution is 5.58. The molecule has 0 amide bonds. The molecule has 1 atom stereocenters. The molecular weight excluding hydrogens is 289 g/mol. The largest absolute Gasteiger partial charge is 0.341 e. The molecule has 0 aliphatic heterocycles. The van der Waals surface area contributed by atoms with E-state index in [-0.39, 0.29) is 5.82 Å². The van der Waals surface area contributed by atoms with Crippen LogP contribution in [0.5, 0.6) is 0 Å². The number of hydrogen-bond acceptors (Lipinski definition) is 2. The van der Waals surface area contributed by atoms with Crippen molar-refractivity contribution in [1.82, 2.24) is 15.3 Å². The third kappa shape index (κ3) is 3.18. The lowest BCUT2D eigenvalue weighted by Crippen LogP contribution is -2.40. The van der Waals surface area contributed by atoms with Crippen molar-refractivity contribution in [1.29, 1.82) is 0 Å². The van der Waals surface area contributed by atoms with E-state index in [2.05, 4.69) is 15.3 Å². The van der Waals surface area contributed by atoms with Crippen LogP contribution in [0.2, 0.25) is 0 Å². The molecule has 4 rings (SSSR count). The van der Waals surface area contributed by atoms with Crippen molar-refractivity contribution < 1.29 is 4.39 Å². The molecule has 2 aromatic rings. The molecule has 2 N–H and O–H groups in total. The van der Waals surface area contributed by atoms with Crippen LogP contribution >= 0.6 is 0 Å². The summed E-state index contributed by atoms with van der Waals surface area (Å²) < 4.78 is 13.1. The zero-order chi connectivity index (χ0) is 15.6. The quantitative estimate of drug-likeness (QED) is 0.847. The van der Waals surface area contributed by atoms with Gasteiger partial charge < -0.3 is 10.3 Å². The molecular formula is C19H24FN3. The van der Waals surface area contributed by atoms with E-state index in [9.17, 15) is 4.39 Å². The number of hydrogen-bond donors (Lipinski definition) is 2. The Morgan fingerprint density at radius 2 is 1.78 bits per heavy atom. The molecule has 1 heterocycles. The molecule has 2 saturated carbocycles. The van der Waals surface area contributed by atoms with Crippen molar-refractivity contribution in [2.45, 2.75) is 57.0 Å². The SMILES string of the molecule is Fc1ccc(-c2cnc([C@H](NC3CCC3)C3CCCC3)[nH]2)cc1. The third-order valence-electron chi connectivity index (χ3n) is 5.44. The van der Waals surface area contributed by atoms with Crippen LogP contribution in [0, 0.1) is 11.7 Å². The summed E-state index contributed by atoms with van der Waals surface area (Å²) in [6.45, 7) is 0. The van der Waals surface area contributed by atoms with Gasteiger partial charge in [0.2, 0.25) is 0 Å². The molecule has 4 heteroatoms. The number of H-pyrrole nitrogens is 1. The summed E-state index contributed by atoms with van der Waals surface area (Å²) in [4.78, 5) is 8.14. The topological polar surface area (TPSA) is 40.7 Å². The van der Waals surface area contributed by atoms with Gasteiger partial charge in [0.1, 0.15) is 11.6 Å². The highest BCUT2D eigenvalue weighted by atomic mass is 19.1. The van der Waals surface area contributed by atoms with Gasteiger partial charge in [-0.2, -0.15) is 0 Å². The number of benzene rings is 1. The first kappa shape index (κ1) is 14.9. The van der Waals surface area contributed by atoms with E-state index in [0.717, 1.165) is 17.1 Å². The first-order chi connectivity index (χ1) is 11.3. The summed E-state index contributed by atoms with van der Waals surface area (Å²) in [6.07, 6.45) is 11.0. The fourth-order valence-electron chi connectivity index (χ4n) is 3.83. The fraction of sp³-hybridized carbons (Fsp3) is 0.526. The highest BCUT2D eigenvalue weighted by Crippen LogP contribution is 2.37. The normalized spacial score (nSPS) is 20.6. The molecule has 3 nitrogen and oxygen atoms in total. The molecule has 2 aliphatic rings. The van der Waals surface area contributed by atoms with Gasteiger partial charge in [0, 0.05) is 6.04 Å². The Balaban J connectivity index is 1.56. The van der Waals surface area contributed by atoms with Crippen molar-refractivity contribution in [3.05, 3.63) is 42.1 Å². The summed E-state index contributed by atoms with van der Waals surface area (Å²) >= 11 is 0. The number of rotatable bonds is 5. The predicted octanol–water partition coefficient (Wildman–Crippen LogP) is 4.59. The van der Waals surface area contributed by atoms with Crippen LogP contribution in [0.15, 0.2) is 30.5 Å². The van der Waals surface area contributed by atoms with Crippen LogP contribution in [0.1, 0.15) is 56.8 Å². The Hall–Kier alpha value is -1.68. The molecule has 1 aromatic carbocycles. The minimum atomic E-state index is -0.205. The van der Waals surface area contributed by atoms with E-state index < -0.39 is 0 Å². The van der Waals surface area contributed by atoms with Crippen LogP contribution in [-0.4, -0.2) is 16.0 Å². The average Bonchev–Trinajstić information content (AvgIpc) is 3.18. The molecule has 1 aromatic heterocycles. The Kier molecular flexibility index (Phi) is 4.17. The van der Waals surface area contributed by atoms with Gasteiger partial charge >= 0.3 is 0 Å². The van der Waals surface area contributed by atoms with E-state index in [1.165, 1.54) is 57.1 Å². The lowest BCUT2D eigenvalue weighted by atomic mass is 9.89. The summed E-state index contributed by atoms with van der Waals surface area (Å²) in [5.74, 6) is 1.52. The zero-order valence-electron chi connectivity index (χ0n) is 13.4. The first-order valence-electron chi connectivity index (χ1n) is 8.86. The van der Waals surface area contributed by atoms with E-state index >= 15 is 0 Å². The van der Waals surface area contributed by atoms with Crippen molar-refractivity contribution >= 4 is 0 Å². The Bertz CT molecular complexity index is 639. The van der Waals surface area contributed by atoms with Gasteiger partial charge in [0.25, 0.3) is 0 Å². The summed E-state index contributed by atoms with van der Waals surface area (Å²) in [5, 5.41) is 3.83. The number of aromatic amines is 1. The van der Waals surface area contributed by atoms with Gasteiger partial charge in [-0.1, -0.05) is 19.3 Å². The number of aromatic nitrogens is 2. The fourth-order valence-corrected chi connectivity index (χ4v) is 3.83. The molecule has 0 unspecified atom stereocenters. The summed E-state index contributed by atoms with van der Waals surface area (Å²) in [7, 11) is 0. The number of nitrogens with zero attached hydrogens (tertiary/aromatic N) is 1. The maximum absolute atomic E-state index is 13.1. The Morgan fingerprint density at radius 3 is 2.43 bits per heavy atom. The molecule has 23 heavy (non-hydrogen) atoms. The molecule has 0 bridgehead atoms. The van der Waals surface area contributed by atoms with Crippen LogP contribution in [0.25, 0.3) is 11.3 Å². The minimum absolute atomic E-state index is 0.205. The van der Waals surface area contributed by atoms with Gasteiger partial charge in [-0.05, 0) is 61.4 Å². The van der Waals surface area contributed by atoms with E-state index in [1.54, 1.807) is 12.1 Å². The monoisotopic (exact) mass is 313 g/mol. The molecule has 2 aliphatic carbocycles. The molecule has 122 valence electrons. The first-order valence-corrected chi connectivity index (χ1v) is 8.86. The van der Waals surface area contributed by atoms with Crippen LogP contribution in [0.3, 0.4) is 0 Å². The molecule has 0 spiro atoms. The standard InChI is InChI=1S/C19H24FN3/c20-15-10-8-13(9-11-15)17-12-21-19(23-17)18(14-4-1-2-5-14)22-16-6-3-7-16/h8-12,14,16,18,22H,1-7H2,(H,21,23)/t18-/m1/s1. The highest BCUT2D eigenvalue weighted by Gasteiger charge is 2.31. The van der Waals surface area contributed by atoms with Crippen molar-refractivity contribution in [3.63, 3.8) is 0 Å². The average molecular weight is 313 g/mol. The van der Waals surface area contributed by atoms with Crippen molar-refractivity contribution in [2.24, 2.45) is 5.92 Å². The summed E-state index contributed by atoms with van der Waals surface area (Å²) in [6, 6.07) is 7.58. The van der Waals surface area contributed by atoms with Gasteiger partial charge in [-0.3, -0.25) is 0 Å². The lowest BCUT2D eigenvalue weighted by Gasteiger charge is -2.33. The van der Waals surface area contributed by atoms with E-state index in [1.807, 2.05) is 6.20 Å². The molecule has 2 fully saturated rings. The van der Waals surface area contributed by atoms with Gasteiger partial charge in [0.05, 0.1) is 17.9 Å². The number of nitrogens with one attached hydrogen (secondary N) is 2. The minimum Gasteiger partial charge on any atom is -0.341 e. The molecule has 0 saturated heterocycles. The lowest BCUT2D eigenvalue weighted by molar-refractivity contribution is 0.252. The van der Waals surface area contributed by atoms with Crippen LogP contribution in [-0.2, 0) is 0 Å². The third-order valence-corrected chi connectivity index (χ3v) is 5.44. The maximum atomic E-state index is 13.1. The van der Waals surface area contributed by atoms with Crippen molar-refractivity contribution in [3.8, 4) is 11.3 Å². The maximum Gasteiger partial charge on any atom is 0.124 e. The second-order valence-electron chi connectivity index (χ2n) is 7.01. The molecule has 0 radical (unpaired) electrons. The second-order valence-corrected chi connectivity index (χ2v) is 7.01. The van der Waals surface area contributed by atoms with Gasteiger partial charge in [0.15, 0.2) is 0 Å². The Labute approximate surface area is 136 Å². The predicted molar refractivity (Wildman–Crippen MR) is 89.5 cm³/mol. The zero-order valence-corrected chi connectivity index (χ0v) is 13.4. The number of halogens is 1.